The summed E-state index contributed by atoms with van der Waals surface area (Å²) < 4.78 is 5.39. The zero-order valence-corrected chi connectivity index (χ0v) is 23.2. The molecule has 1 aliphatic rings. The Balaban J connectivity index is 1.61. The van der Waals surface area contributed by atoms with Crippen molar-refractivity contribution in [1.29, 1.82) is 0 Å². The van der Waals surface area contributed by atoms with Gasteiger partial charge in [0.2, 0.25) is 5.91 Å². The van der Waals surface area contributed by atoms with Crippen LogP contribution in [0.5, 0.6) is 0 Å². The molecular formula is C29H34N4O4S. The van der Waals surface area contributed by atoms with E-state index in [1.165, 1.54) is 23.7 Å². The van der Waals surface area contributed by atoms with Crippen molar-refractivity contribution in [2.24, 2.45) is 0 Å². The maximum atomic E-state index is 14.0. The molecule has 0 aromatic heterocycles. The number of carbonyl (C=O) groups is 3. The van der Waals surface area contributed by atoms with E-state index in [1.807, 2.05) is 60.7 Å². The third kappa shape index (κ3) is 5.88. The fourth-order valence-electron chi connectivity index (χ4n) is 4.28. The molecule has 0 saturated carbocycles. The summed E-state index contributed by atoms with van der Waals surface area (Å²) in [6.45, 7) is 7.21. The minimum Gasteiger partial charge on any atom is -0.444 e. The number of ether oxygens (including phenoxy) is 1. The number of fused-ring (bicyclic) bond motifs is 2. The summed E-state index contributed by atoms with van der Waals surface area (Å²) in [5, 5.41) is 5.01. The second kappa shape index (κ2) is 10.9. The normalized spacial score (nSPS) is 16.4. The molecule has 0 fully saturated rings. The summed E-state index contributed by atoms with van der Waals surface area (Å²) in [6, 6.07) is 17.9. The number of likely N-dealkylation sites (N-methyl/N-ethyl adjacent to an activating group) is 1. The van der Waals surface area contributed by atoms with E-state index in [1.54, 1.807) is 32.6 Å². The van der Waals surface area contributed by atoms with E-state index < -0.39 is 29.7 Å². The minimum atomic E-state index is -0.843. The molecule has 4 rings (SSSR count). The van der Waals surface area contributed by atoms with Gasteiger partial charge in [0.15, 0.2) is 0 Å². The van der Waals surface area contributed by atoms with Crippen LogP contribution in [0.25, 0.3) is 10.8 Å². The monoisotopic (exact) mass is 534 g/mol. The van der Waals surface area contributed by atoms with Crippen LogP contribution in [0.3, 0.4) is 0 Å². The van der Waals surface area contributed by atoms with Gasteiger partial charge in [0.1, 0.15) is 17.7 Å². The number of nitrogens with two attached hydrogens (primary N) is 1. The molecule has 3 aromatic rings. The largest absolute Gasteiger partial charge is 0.444 e. The van der Waals surface area contributed by atoms with Gasteiger partial charge in [0, 0.05) is 18.5 Å². The molecule has 0 radical (unpaired) electrons. The molecule has 9 heteroatoms. The highest BCUT2D eigenvalue weighted by Gasteiger charge is 2.35. The zero-order chi connectivity index (χ0) is 27.6. The molecule has 0 bridgehead atoms. The van der Waals surface area contributed by atoms with E-state index in [0.29, 0.717) is 23.7 Å². The minimum absolute atomic E-state index is 0.241. The first-order chi connectivity index (χ1) is 18.0. The number of rotatable bonds is 5. The molecule has 3 aromatic carbocycles. The molecule has 0 aliphatic carbocycles. The Morgan fingerprint density at radius 3 is 2.55 bits per heavy atom. The number of hydrogen-bond acceptors (Lipinski definition) is 6. The lowest BCUT2D eigenvalue weighted by Crippen LogP contribution is -2.54. The van der Waals surface area contributed by atoms with Crippen LogP contribution in [0.1, 0.15) is 33.3 Å². The Morgan fingerprint density at radius 2 is 1.82 bits per heavy atom. The molecule has 0 spiro atoms. The van der Waals surface area contributed by atoms with Crippen molar-refractivity contribution in [3.8, 4) is 0 Å². The molecule has 3 amide bonds. The van der Waals surface area contributed by atoms with Gasteiger partial charge in [-0.15, -0.1) is 11.8 Å². The average Bonchev–Trinajstić information content (AvgIpc) is 3.00. The maximum absolute atomic E-state index is 14.0. The van der Waals surface area contributed by atoms with Gasteiger partial charge in [-0.25, -0.2) is 4.79 Å². The van der Waals surface area contributed by atoms with Crippen LogP contribution in [0.15, 0.2) is 65.6 Å². The number of nitrogens with zero attached hydrogens (tertiary/aromatic N) is 2. The molecule has 2 atom stereocenters. The molecule has 3 N–H and O–H groups in total. The second-order valence-electron chi connectivity index (χ2n) is 10.4. The van der Waals surface area contributed by atoms with E-state index in [-0.39, 0.29) is 5.91 Å². The highest BCUT2D eigenvalue weighted by molar-refractivity contribution is 7.99. The Hall–Kier alpha value is -3.72. The number of carbonyl (C=O) groups excluding carboxylic acids is 3. The molecule has 200 valence electrons. The summed E-state index contributed by atoms with van der Waals surface area (Å²) in [6.07, 6.45) is -0.612. The number of amides is 3. The van der Waals surface area contributed by atoms with Crippen LogP contribution in [0.2, 0.25) is 0 Å². The molecule has 1 heterocycles. The smallest absolute Gasteiger partial charge is 0.410 e. The first-order valence-electron chi connectivity index (χ1n) is 12.5. The lowest BCUT2D eigenvalue weighted by molar-refractivity contribution is -0.129. The van der Waals surface area contributed by atoms with Crippen LogP contribution < -0.4 is 16.0 Å². The Bertz CT molecular complexity index is 1360. The van der Waals surface area contributed by atoms with Gasteiger partial charge >= 0.3 is 6.09 Å². The predicted molar refractivity (Wildman–Crippen MR) is 152 cm³/mol. The summed E-state index contributed by atoms with van der Waals surface area (Å²) in [5.74, 6) is -0.377. The van der Waals surface area contributed by atoms with Gasteiger partial charge in [0.25, 0.3) is 5.91 Å². The van der Waals surface area contributed by atoms with Gasteiger partial charge in [-0.3, -0.25) is 14.5 Å². The van der Waals surface area contributed by atoms with Crippen molar-refractivity contribution < 1.29 is 19.1 Å². The SMILES string of the molecule is CC(C(=O)NC1CSc2c(N)cccc2N(Cc2cccc3ccccc23)C1=O)N(C)C(=O)OC(C)(C)C. The Labute approximate surface area is 227 Å². The molecule has 1 aliphatic heterocycles. The summed E-state index contributed by atoms with van der Waals surface area (Å²) in [4.78, 5) is 43.4. The standard InChI is InChI=1S/C29H34N4O4S/c1-18(32(5)28(36)37-29(2,3)4)26(34)31-23-17-38-25-22(30)14-9-15-24(25)33(27(23)35)16-20-12-8-11-19-10-6-7-13-21(19)20/h6-15,18,23H,16-17,30H2,1-5H3,(H,31,34). The molecule has 8 nitrogen and oxygen atoms in total. The maximum Gasteiger partial charge on any atom is 0.410 e. The van der Waals surface area contributed by atoms with Crippen molar-refractivity contribution in [3.05, 3.63) is 66.2 Å². The summed E-state index contributed by atoms with van der Waals surface area (Å²) in [7, 11) is 1.51. The molecular weight excluding hydrogens is 500 g/mol. The lowest BCUT2D eigenvalue weighted by atomic mass is 10.0. The van der Waals surface area contributed by atoms with E-state index in [2.05, 4.69) is 5.32 Å². The van der Waals surface area contributed by atoms with Gasteiger partial charge in [0.05, 0.1) is 17.1 Å². The third-order valence-corrected chi connectivity index (χ3v) is 7.67. The predicted octanol–water partition coefficient (Wildman–Crippen LogP) is 4.80. The van der Waals surface area contributed by atoms with Gasteiger partial charge in [-0.05, 0) is 56.2 Å². The van der Waals surface area contributed by atoms with Crippen LogP contribution in [-0.4, -0.2) is 53.3 Å². The molecule has 38 heavy (non-hydrogen) atoms. The fraction of sp³-hybridized carbons (Fsp3) is 0.345. The molecule has 0 saturated heterocycles. The van der Waals surface area contributed by atoms with E-state index in [0.717, 1.165) is 21.2 Å². The van der Waals surface area contributed by atoms with Gasteiger partial charge in [-0.2, -0.15) is 0 Å². The summed E-state index contributed by atoms with van der Waals surface area (Å²) >= 11 is 1.43. The number of nitrogen functional groups attached to an aromatic ring is 1. The van der Waals surface area contributed by atoms with Crippen LogP contribution >= 0.6 is 11.8 Å². The number of thioether (sulfide) groups is 1. The second-order valence-corrected chi connectivity index (χ2v) is 11.4. The van der Waals surface area contributed by atoms with Crippen molar-refractivity contribution >= 4 is 51.8 Å². The van der Waals surface area contributed by atoms with Crippen LogP contribution in [-0.2, 0) is 20.9 Å². The summed E-state index contributed by atoms with van der Waals surface area (Å²) in [5.41, 5.74) is 7.90. The average molecular weight is 535 g/mol. The molecule has 2 unspecified atom stereocenters. The van der Waals surface area contributed by atoms with Crippen LogP contribution in [0.4, 0.5) is 16.2 Å². The van der Waals surface area contributed by atoms with Gasteiger partial charge in [-0.1, -0.05) is 48.5 Å². The Kier molecular flexibility index (Phi) is 7.87. The topological polar surface area (TPSA) is 105 Å². The number of hydrogen-bond donors (Lipinski definition) is 2. The van der Waals surface area contributed by atoms with E-state index in [4.69, 9.17) is 10.5 Å². The highest BCUT2D eigenvalue weighted by atomic mass is 32.2. The lowest BCUT2D eigenvalue weighted by Gasteiger charge is -2.30. The van der Waals surface area contributed by atoms with E-state index >= 15 is 0 Å². The first-order valence-corrected chi connectivity index (χ1v) is 13.5. The van der Waals surface area contributed by atoms with Crippen molar-refractivity contribution in [2.45, 2.75) is 56.8 Å². The van der Waals surface area contributed by atoms with Crippen molar-refractivity contribution in [2.75, 3.05) is 23.4 Å². The number of benzene rings is 3. The zero-order valence-electron chi connectivity index (χ0n) is 22.4. The van der Waals surface area contributed by atoms with Gasteiger partial charge < -0.3 is 20.7 Å². The van der Waals surface area contributed by atoms with Crippen molar-refractivity contribution in [3.63, 3.8) is 0 Å². The van der Waals surface area contributed by atoms with Crippen molar-refractivity contribution in [1.82, 2.24) is 10.2 Å². The third-order valence-electron chi connectivity index (χ3n) is 6.44. The fourth-order valence-corrected chi connectivity index (χ4v) is 5.40. The Morgan fingerprint density at radius 1 is 1.13 bits per heavy atom. The quantitative estimate of drug-likeness (QED) is 0.456. The number of nitrogens with one attached hydrogen (secondary N) is 1. The highest BCUT2D eigenvalue weighted by Crippen LogP contribution is 2.39. The van der Waals surface area contributed by atoms with E-state index in [9.17, 15) is 14.4 Å². The first kappa shape index (κ1) is 27.3. The van der Waals surface area contributed by atoms with Crippen LogP contribution in [0, 0.1) is 0 Å². The number of anilines is 2.